The van der Waals surface area contributed by atoms with E-state index < -0.39 is 5.82 Å². The average Bonchev–Trinajstić information content (AvgIpc) is 3.01. The number of nitrogens with one attached hydrogen (secondary N) is 1. The molecule has 1 aliphatic rings. The number of nitrogens with zero attached hydrogens (tertiary/aromatic N) is 4. The van der Waals surface area contributed by atoms with Gasteiger partial charge < -0.3 is 5.32 Å². The second-order valence-electron chi connectivity index (χ2n) is 6.39. The van der Waals surface area contributed by atoms with Crippen LogP contribution in [0.3, 0.4) is 0 Å². The molecule has 1 fully saturated rings. The Morgan fingerprint density at radius 1 is 1.33 bits per heavy atom. The zero-order valence-corrected chi connectivity index (χ0v) is 13.8. The molecule has 0 spiro atoms. The molecule has 0 atom stereocenters. The van der Waals surface area contributed by atoms with Gasteiger partial charge in [0.05, 0.1) is 0 Å². The van der Waals surface area contributed by atoms with Crippen molar-refractivity contribution < 1.29 is 9.18 Å². The van der Waals surface area contributed by atoms with Gasteiger partial charge in [-0.3, -0.25) is 4.79 Å². The summed E-state index contributed by atoms with van der Waals surface area (Å²) in [5.74, 6) is 0.670. The number of hydrogen-bond donors (Lipinski definition) is 1. The Morgan fingerprint density at radius 3 is 2.83 bits per heavy atom. The van der Waals surface area contributed by atoms with E-state index in [1.54, 1.807) is 19.1 Å². The number of carbonyl (C=O) groups excluding carboxylic acids is 1. The summed E-state index contributed by atoms with van der Waals surface area (Å²) in [5.41, 5.74) is 0.775. The van der Waals surface area contributed by atoms with Crippen molar-refractivity contribution in [2.45, 2.75) is 51.9 Å². The monoisotopic (exact) mass is 331 g/mol. The van der Waals surface area contributed by atoms with Crippen molar-refractivity contribution in [1.82, 2.24) is 20.2 Å². The molecule has 1 heterocycles. The van der Waals surface area contributed by atoms with Crippen molar-refractivity contribution in [2.75, 3.05) is 5.32 Å². The van der Waals surface area contributed by atoms with Crippen LogP contribution in [0.1, 0.15) is 50.8 Å². The smallest absolute Gasteiger partial charge is 0.224 e. The second kappa shape index (κ2) is 7.51. The fourth-order valence-corrected chi connectivity index (χ4v) is 3.24. The first-order valence-corrected chi connectivity index (χ1v) is 8.48. The van der Waals surface area contributed by atoms with Gasteiger partial charge in [0.2, 0.25) is 5.91 Å². The molecule has 24 heavy (non-hydrogen) atoms. The van der Waals surface area contributed by atoms with Gasteiger partial charge in [-0.05, 0) is 47.9 Å². The van der Waals surface area contributed by atoms with Crippen LogP contribution in [-0.4, -0.2) is 26.1 Å². The van der Waals surface area contributed by atoms with Gasteiger partial charge in [-0.15, -0.1) is 5.10 Å². The van der Waals surface area contributed by atoms with Crippen molar-refractivity contribution in [3.8, 4) is 5.69 Å². The molecule has 1 saturated carbocycles. The Morgan fingerprint density at radius 2 is 2.12 bits per heavy atom. The maximum Gasteiger partial charge on any atom is 0.224 e. The van der Waals surface area contributed by atoms with E-state index in [4.69, 9.17) is 0 Å². The summed E-state index contributed by atoms with van der Waals surface area (Å²) in [6, 6.07) is 4.42. The first-order valence-electron chi connectivity index (χ1n) is 8.48. The first kappa shape index (κ1) is 16.5. The minimum atomic E-state index is -0.439. The van der Waals surface area contributed by atoms with E-state index in [0.717, 1.165) is 6.42 Å². The normalized spacial score (nSPS) is 15.4. The standard InChI is InChI=1S/C17H22FN5O/c1-12-20-21-22-23(12)16-11-14(8-9-15(16)18)19-17(24)10-7-13-5-3-2-4-6-13/h8-9,11,13H,2-7,10H2,1H3,(H,19,24). The molecule has 6 nitrogen and oxygen atoms in total. The third-order valence-electron chi connectivity index (χ3n) is 4.59. The topological polar surface area (TPSA) is 72.7 Å². The van der Waals surface area contributed by atoms with Gasteiger partial charge in [-0.25, -0.2) is 4.39 Å². The zero-order valence-electron chi connectivity index (χ0n) is 13.8. The molecule has 1 aromatic carbocycles. The molecule has 1 amide bonds. The zero-order chi connectivity index (χ0) is 16.9. The fraction of sp³-hybridized carbons (Fsp3) is 0.529. The highest BCUT2D eigenvalue weighted by Crippen LogP contribution is 2.27. The summed E-state index contributed by atoms with van der Waals surface area (Å²) < 4.78 is 15.3. The van der Waals surface area contributed by atoms with Crippen LogP contribution in [0.2, 0.25) is 0 Å². The van der Waals surface area contributed by atoms with Crippen LogP contribution in [0, 0.1) is 18.7 Å². The van der Waals surface area contributed by atoms with E-state index in [1.165, 1.54) is 42.9 Å². The molecule has 0 radical (unpaired) electrons. The van der Waals surface area contributed by atoms with Gasteiger partial charge in [0.15, 0.2) is 5.82 Å². The Labute approximate surface area is 140 Å². The molecule has 7 heteroatoms. The molecule has 2 aromatic rings. The van der Waals surface area contributed by atoms with Gasteiger partial charge in [0, 0.05) is 12.1 Å². The number of anilines is 1. The number of aryl methyl sites for hydroxylation is 1. The molecule has 128 valence electrons. The number of hydrogen-bond acceptors (Lipinski definition) is 4. The lowest BCUT2D eigenvalue weighted by atomic mass is 9.86. The van der Waals surface area contributed by atoms with E-state index in [0.29, 0.717) is 23.9 Å². The van der Waals surface area contributed by atoms with E-state index >= 15 is 0 Å². The van der Waals surface area contributed by atoms with Crippen LogP contribution in [0.15, 0.2) is 18.2 Å². The summed E-state index contributed by atoms with van der Waals surface area (Å²) in [7, 11) is 0. The van der Waals surface area contributed by atoms with Gasteiger partial charge in [0.25, 0.3) is 0 Å². The third kappa shape index (κ3) is 3.96. The molecule has 1 aliphatic carbocycles. The molecule has 0 aliphatic heterocycles. The Hall–Kier alpha value is -2.31. The average molecular weight is 331 g/mol. The van der Waals surface area contributed by atoms with Crippen LogP contribution in [0.5, 0.6) is 0 Å². The van der Waals surface area contributed by atoms with E-state index in [2.05, 4.69) is 20.8 Å². The lowest BCUT2D eigenvalue weighted by Crippen LogP contribution is -2.15. The Bertz CT molecular complexity index is 709. The van der Waals surface area contributed by atoms with Gasteiger partial charge in [-0.1, -0.05) is 32.1 Å². The lowest BCUT2D eigenvalue weighted by molar-refractivity contribution is -0.116. The predicted molar refractivity (Wildman–Crippen MR) is 88.3 cm³/mol. The quantitative estimate of drug-likeness (QED) is 0.911. The van der Waals surface area contributed by atoms with Crippen molar-refractivity contribution in [3.63, 3.8) is 0 Å². The number of rotatable bonds is 5. The van der Waals surface area contributed by atoms with E-state index in [-0.39, 0.29) is 11.6 Å². The highest BCUT2D eigenvalue weighted by Gasteiger charge is 2.16. The summed E-state index contributed by atoms with van der Waals surface area (Å²) in [6.07, 6.45) is 7.75. The van der Waals surface area contributed by atoms with Crippen molar-refractivity contribution in [3.05, 3.63) is 29.8 Å². The highest BCUT2D eigenvalue weighted by molar-refractivity contribution is 5.90. The molecule has 3 rings (SSSR count). The van der Waals surface area contributed by atoms with Crippen LogP contribution in [0.4, 0.5) is 10.1 Å². The molecule has 0 unspecified atom stereocenters. The lowest BCUT2D eigenvalue weighted by Gasteiger charge is -2.21. The Balaban J connectivity index is 1.62. The van der Waals surface area contributed by atoms with Crippen molar-refractivity contribution >= 4 is 11.6 Å². The number of tetrazole rings is 1. The maximum absolute atomic E-state index is 14.0. The number of amides is 1. The van der Waals surface area contributed by atoms with Gasteiger partial charge >= 0.3 is 0 Å². The largest absolute Gasteiger partial charge is 0.326 e. The predicted octanol–water partition coefficient (Wildman–Crippen LogP) is 3.41. The van der Waals surface area contributed by atoms with Crippen LogP contribution < -0.4 is 5.32 Å². The summed E-state index contributed by atoms with van der Waals surface area (Å²) in [4.78, 5) is 12.2. The molecular weight excluding hydrogens is 309 g/mol. The van der Waals surface area contributed by atoms with E-state index in [9.17, 15) is 9.18 Å². The first-order chi connectivity index (χ1) is 11.6. The molecular formula is C17H22FN5O. The minimum absolute atomic E-state index is 0.0356. The van der Waals surface area contributed by atoms with Crippen molar-refractivity contribution in [1.29, 1.82) is 0 Å². The van der Waals surface area contributed by atoms with Crippen molar-refractivity contribution in [2.24, 2.45) is 5.92 Å². The summed E-state index contributed by atoms with van der Waals surface area (Å²) in [6.45, 7) is 1.69. The Kier molecular flexibility index (Phi) is 5.17. The van der Waals surface area contributed by atoms with Gasteiger partial charge in [-0.2, -0.15) is 4.68 Å². The SMILES string of the molecule is Cc1nnnn1-c1cc(NC(=O)CCC2CCCCC2)ccc1F. The maximum atomic E-state index is 14.0. The third-order valence-corrected chi connectivity index (χ3v) is 4.59. The second-order valence-corrected chi connectivity index (χ2v) is 6.39. The molecule has 0 saturated heterocycles. The minimum Gasteiger partial charge on any atom is -0.326 e. The number of aromatic nitrogens is 4. The van der Waals surface area contributed by atoms with Crippen LogP contribution >= 0.6 is 0 Å². The number of benzene rings is 1. The van der Waals surface area contributed by atoms with Gasteiger partial charge in [0.1, 0.15) is 11.5 Å². The number of halogens is 1. The van der Waals surface area contributed by atoms with Crippen LogP contribution in [-0.2, 0) is 4.79 Å². The van der Waals surface area contributed by atoms with E-state index in [1.807, 2.05) is 0 Å². The summed E-state index contributed by atoms with van der Waals surface area (Å²) in [5, 5.41) is 13.9. The molecule has 0 bridgehead atoms. The molecule has 1 aromatic heterocycles. The summed E-state index contributed by atoms with van der Waals surface area (Å²) >= 11 is 0. The fourth-order valence-electron chi connectivity index (χ4n) is 3.24. The van der Waals surface area contributed by atoms with Crippen LogP contribution in [0.25, 0.3) is 5.69 Å². The molecule has 1 N–H and O–H groups in total. The number of carbonyl (C=O) groups is 1. The highest BCUT2D eigenvalue weighted by atomic mass is 19.1.